The van der Waals surface area contributed by atoms with E-state index in [-0.39, 0.29) is 11.7 Å². The molecule has 1 unspecified atom stereocenters. The molecule has 2 heterocycles. The zero-order chi connectivity index (χ0) is 13.8. The molecule has 19 heavy (non-hydrogen) atoms. The molecule has 1 aliphatic heterocycles. The molecule has 0 saturated carbocycles. The van der Waals surface area contributed by atoms with E-state index >= 15 is 0 Å². The quantitative estimate of drug-likeness (QED) is 0.752. The summed E-state index contributed by atoms with van der Waals surface area (Å²) in [6.07, 6.45) is 1.55. The first-order chi connectivity index (χ1) is 9.08. The molecule has 106 valence electrons. The fourth-order valence-electron chi connectivity index (χ4n) is 2.23. The average Bonchev–Trinajstić information content (AvgIpc) is 2.72. The number of carboxylic acid groups (broad SMARTS) is 1. The number of ether oxygens (including phenoxy) is 1. The van der Waals surface area contributed by atoms with Crippen molar-refractivity contribution in [2.75, 3.05) is 33.3 Å². The van der Waals surface area contributed by atoms with Gasteiger partial charge in [-0.25, -0.2) is 4.79 Å². The molecule has 0 bridgehead atoms. The van der Waals surface area contributed by atoms with Gasteiger partial charge in [-0.15, -0.1) is 0 Å². The highest BCUT2D eigenvalue weighted by atomic mass is 16.5. The average molecular weight is 268 g/mol. The highest BCUT2D eigenvalue weighted by Gasteiger charge is 2.19. The van der Waals surface area contributed by atoms with Crippen molar-refractivity contribution in [1.82, 2.24) is 20.0 Å². The standard InChI is InChI=1S/C12H20N4O3/c1-15(7-9-5-13-3-4-19-9)8-11-10(12(17)18)6-14-16(11)2/h6,9,13H,3-5,7-8H2,1-2H3,(H,17,18). The van der Waals surface area contributed by atoms with Crippen molar-refractivity contribution in [2.45, 2.75) is 12.6 Å². The van der Waals surface area contributed by atoms with Crippen LogP contribution >= 0.6 is 0 Å². The molecule has 1 aromatic heterocycles. The SMILES string of the molecule is CN(Cc1c(C(=O)O)cnn1C)CC1CNCCO1. The van der Waals surface area contributed by atoms with Crippen LogP contribution in [0.1, 0.15) is 16.1 Å². The first-order valence-electron chi connectivity index (χ1n) is 6.33. The Kier molecular flexibility index (Phi) is 4.52. The number of morpholine rings is 1. The zero-order valence-corrected chi connectivity index (χ0v) is 11.3. The topological polar surface area (TPSA) is 79.6 Å². The molecule has 0 amide bonds. The summed E-state index contributed by atoms with van der Waals surface area (Å²) in [6, 6.07) is 0. The molecule has 0 radical (unpaired) electrons. The van der Waals surface area contributed by atoms with Crippen molar-refractivity contribution >= 4 is 5.97 Å². The van der Waals surface area contributed by atoms with Gasteiger partial charge in [0.1, 0.15) is 5.56 Å². The number of carbonyl (C=O) groups is 1. The number of nitrogens with one attached hydrogen (secondary N) is 1. The summed E-state index contributed by atoms with van der Waals surface area (Å²) in [6.45, 7) is 3.76. The number of aromatic carboxylic acids is 1. The van der Waals surface area contributed by atoms with Gasteiger partial charge in [0.25, 0.3) is 0 Å². The summed E-state index contributed by atoms with van der Waals surface area (Å²) in [4.78, 5) is 13.2. The summed E-state index contributed by atoms with van der Waals surface area (Å²) >= 11 is 0. The smallest absolute Gasteiger partial charge is 0.339 e. The van der Waals surface area contributed by atoms with E-state index in [0.717, 1.165) is 26.2 Å². The van der Waals surface area contributed by atoms with Crippen molar-refractivity contribution in [3.8, 4) is 0 Å². The molecule has 0 aromatic carbocycles. The van der Waals surface area contributed by atoms with Crippen LogP contribution in [0.5, 0.6) is 0 Å². The lowest BCUT2D eigenvalue weighted by Crippen LogP contribution is -2.44. The highest BCUT2D eigenvalue weighted by molar-refractivity contribution is 5.88. The van der Waals surface area contributed by atoms with E-state index in [4.69, 9.17) is 9.84 Å². The van der Waals surface area contributed by atoms with Crippen molar-refractivity contribution in [1.29, 1.82) is 0 Å². The normalized spacial score (nSPS) is 19.8. The number of aromatic nitrogens is 2. The Bertz CT molecular complexity index is 440. The summed E-state index contributed by atoms with van der Waals surface area (Å²) in [5.41, 5.74) is 0.968. The fraction of sp³-hybridized carbons (Fsp3) is 0.667. The number of hydrogen-bond donors (Lipinski definition) is 2. The van der Waals surface area contributed by atoms with Crippen LogP contribution in [0.2, 0.25) is 0 Å². The Morgan fingerprint density at radius 2 is 2.53 bits per heavy atom. The van der Waals surface area contributed by atoms with Crippen LogP contribution in [-0.4, -0.2) is 65.1 Å². The second-order valence-electron chi connectivity index (χ2n) is 4.83. The number of aryl methyl sites for hydroxylation is 1. The lowest BCUT2D eigenvalue weighted by atomic mass is 10.2. The van der Waals surface area contributed by atoms with Gasteiger partial charge in [0.15, 0.2) is 0 Å². The molecule has 1 aliphatic rings. The highest BCUT2D eigenvalue weighted by Crippen LogP contribution is 2.11. The van der Waals surface area contributed by atoms with Gasteiger partial charge in [0, 0.05) is 33.2 Å². The van der Waals surface area contributed by atoms with Crippen LogP contribution in [0.15, 0.2) is 6.20 Å². The van der Waals surface area contributed by atoms with Crippen molar-refractivity contribution in [3.63, 3.8) is 0 Å². The van der Waals surface area contributed by atoms with Gasteiger partial charge >= 0.3 is 5.97 Å². The molecule has 1 saturated heterocycles. The minimum absolute atomic E-state index is 0.153. The summed E-state index contributed by atoms with van der Waals surface area (Å²) < 4.78 is 7.24. The third kappa shape index (κ3) is 3.52. The third-order valence-corrected chi connectivity index (χ3v) is 3.23. The van der Waals surface area contributed by atoms with Crippen LogP contribution < -0.4 is 5.32 Å². The van der Waals surface area contributed by atoms with E-state index in [9.17, 15) is 4.79 Å². The fourth-order valence-corrected chi connectivity index (χ4v) is 2.23. The Balaban J connectivity index is 1.96. The van der Waals surface area contributed by atoms with E-state index in [2.05, 4.69) is 15.3 Å². The first kappa shape index (κ1) is 14.0. The Hall–Kier alpha value is -1.44. The maximum absolute atomic E-state index is 11.1. The maximum atomic E-state index is 11.1. The van der Waals surface area contributed by atoms with Crippen LogP contribution in [0, 0.1) is 0 Å². The Morgan fingerprint density at radius 3 is 3.16 bits per heavy atom. The number of hydrogen-bond acceptors (Lipinski definition) is 5. The number of rotatable bonds is 5. The van der Waals surface area contributed by atoms with Gasteiger partial charge in [-0.1, -0.05) is 0 Å². The second-order valence-corrected chi connectivity index (χ2v) is 4.83. The Morgan fingerprint density at radius 1 is 1.74 bits per heavy atom. The molecular formula is C12H20N4O3. The van der Waals surface area contributed by atoms with Crippen molar-refractivity contribution < 1.29 is 14.6 Å². The van der Waals surface area contributed by atoms with Crippen molar-refractivity contribution in [2.24, 2.45) is 7.05 Å². The zero-order valence-electron chi connectivity index (χ0n) is 11.3. The largest absolute Gasteiger partial charge is 0.478 e. The lowest BCUT2D eigenvalue weighted by molar-refractivity contribution is 0.00848. The molecule has 1 atom stereocenters. The number of nitrogens with zero attached hydrogens (tertiary/aromatic N) is 3. The number of carboxylic acids is 1. The van der Waals surface area contributed by atoms with Gasteiger partial charge in [-0.05, 0) is 7.05 Å². The van der Waals surface area contributed by atoms with Gasteiger partial charge in [-0.3, -0.25) is 9.58 Å². The molecule has 2 rings (SSSR count). The van der Waals surface area contributed by atoms with Crippen LogP contribution in [0.4, 0.5) is 0 Å². The molecule has 1 fully saturated rings. The number of likely N-dealkylation sites (N-methyl/N-ethyl adjacent to an activating group) is 1. The van der Waals surface area contributed by atoms with Gasteiger partial charge in [-0.2, -0.15) is 5.10 Å². The molecule has 1 aromatic rings. The van der Waals surface area contributed by atoms with E-state index in [1.165, 1.54) is 6.20 Å². The second kappa shape index (κ2) is 6.14. The van der Waals surface area contributed by atoms with Gasteiger partial charge < -0.3 is 15.2 Å². The molecule has 7 nitrogen and oxygen atoms in total. The monoisotopic (exact) mass is 268 g/mol. The lowest BCUT2D eigenvalue weighted by Gasteiger charge is -2.28. The van der Waals surface area contributed by atoms with Crippen LogP contribution in [0.25, 0.3) is 0 Å². The predicted octanol–water partition coefficient (Wildman–Crippen LogP) is -0.461. The molecule has 0 spiro atoms. The first-order valence-corrected chi connectivity index (χ1v) is 6.33. The molecule has 0 aliphatic carbocycles. The summed E-state index contributed by atoms with van der Waals surface area (Å²) in [5.74, 6) is -0.938. The molecule has 2 N–H and O–H groups in total. The van der Waals surface area contributed by atoms with Crippen LogP contribution in [0.3, 0.4) is 0 Å². The Labute approximate surface area is 112 Å². The van der Waals surface area contributed by atoms with Gasteiger partial charge in [0.2, 0.25) is 0 Å². The molecular weight excluding hydrogens is 248 g/mol. The summed E-state index contributed by atoms with van der Waals surface area (Å²) in [5, 5.41) is 16.4. The minimum Gasteiger partial charge on any atom is -0.478 e. The summed E-state index contributed by atoms with van der Waals surface area (Å²) in [7, 11) is 3.71. The predicted molar refractivity (Wildman–Crippen MR) is 69.1 cm³/mol. The minimum atomic E-state index is -0.938. The van der Waals surface area contributed by atoms with Crippen molar-refractivity contribution in [3.05, 3.63) is 17.5 Å². The maximum Gasteiger partial charge on any atom is 0.339 e. The van der Waals surface area contributed by atoms with Gasteiger partial charge in [0.05, 0.1) is 24.6 Å². The van der Waals surface area contributed by atoms with E-state index in [1.54, 1.807) is 11.7 Å². The molecule has 7 heteroatoms. The van der Waals surface area contributed by atoms with E-state index in [0.29, 0.717) is 12.2 Å². The van der Waals surface area contributed by atoms with Crippen LogP contribution in [-0.2, 0) is 18.3 Å². The van der Waals surface area contributed by atoms with E-state index < -0.39 is 5.97 Å². The third-order valence-electron chi connectivity index (χ3n) is 3.23. The van der Waals surface area contributed by atoms with E-state index in [1.807, 2.05) is 7.05 Å².